The second-order valence-corrected chi connectivity index (χ2v) is 6.39. The zero-order chi connectivity index (χ0) is 21.1. The van der Waals surface area contributed by atoms with Gasteiger partial charge in [-0.2, -0.15) is 17.7 Å². The van der Waals surface area contributed by atoms with Crippen molar-refractivity contribution in [2.24, 2.45) is 0 Å². The molecular formula is C20H15F4N5O. The molecule has 0 amide bonds. The van der Waals surface area contributed by atoms with Gasteiger partial charge in [0, 0.05) is 12.1 Å². The number of anilines is 1. The summed E-state index contributed by atoms with van der Waals surface area (Å²) < 4.78 is 58.7. The number of ether oxygens (including phenoxy) is 1. The van der Waals surface area contributed by atoms with Crippen LogP contribution < -0.4 is 10.1 Å². The van der Waals surface area contributed by atoms with Crippen molar-refractivity contribution in [3.05, 3.63) is 83.4 Å². The van der Waals surface area contributed by atoms with E-state index in [9.17, 15) is 17.6 Å². The lowest BCUT2D eigenvalue weighted by atomic mass is 10.2. The zero-order valence-electron chi connectivity index (χ0n) is 15.4. The Morgan fingerprint density at radius 2 is 1.70 bits per heavy atom. The Balaban J connectivity index is 1.39. The van der Waals surface area contributed by atoms with Gasteiger partial charge in [-0.3, -0.25) is 0 Å². The Kier molecular flexibility index (Phi) is 5.21. The minimum Gasteiger partial charge on any atom is -0.489 e. The van der Waals surface area contributed by atoms with Gasteiger partial charge in [-0.15, -0.1) is 15.3 Å². The maximum atomic E-state index is 13.6. The maximum Gasteiger partial charge on any atom is 0.453 e. The molecule has 0 aliphatic heterocycles. The van der Waals surface area contributed by atoms with Gasteiger partial charge in [0.25, 0.3) is 5.82 Å². The second kappa shape index (κ2) is 7.97. The number of alkyl halides is 3. The highest BCUT2D eigenvalue weighted by molar-refractivity contribution is 5.44. The molecule has 6 nitrogen and oxygen atoms in total. The SMILES string of the molecule is Fc1ccccc1COc1ccc(CNc2ccc3nnc(C(F)(F)F)n3n2)cc1. The number of nitrogens with one attached hydrogen (secondary N) is 1. The minimum atomic E-state index is -4.65. The van der Waals surface area contributed by atoms with E-state index in [1.165, 1.54) is 18.2 Å². The van der Waals surface area contributed by atoms with E-state index in [-0.39, 0.29) is 23.9 Å². The molecule has 154 valence electrons. The maximum absolute atomic E-state index is 13.6. The quantitative estimate of drug-likeness (QED) is 0.469. The second-order valence-electron chi connectivity index (χ2n) is 6.39. The van der Waals surface area contributed by atoms with Gasteiger partial charge < -0.3 is 10.1 Å². The van der Waals surface area contributed by atoms with Crippen molar-refractivity contribution in [2.75, 3.05) is 5.32 Å². The smallest absolute Gasteiger partial charge is 0.453 e. The van der Waals surface area contributed by atoms with E-state index in [4.69, 9.17) is 4.74 Å². The fourth-order valence-electron chi connectivity index (χ4n) is 2.73. The zero-order valence-corrected chi connectivity index (χ0v) is 15.4. The molecule has 0 radical (unpaired) electrons. The van der Waals surface area contributed by atoms with Crippen LogP contribution in [0.15, 0.2) is 60.7 Å². The molecule has 0 bridgehead atoms. The number of halogens is 4. The molecule has 10 heteroatoms. The number of aromatic nitrogens is 4. The Morgan fingerprint density at radius 3 is 2.43 bits per heavy atom. The molecule has 0 saturated carbocycles. The summed E-state index contributed by atoms with van der Waals surface area (Å²) in [5.41, 5.74) is 1.32. The Hall–Kier alpha value is -3.69. The van der Waals surface area contributed by atoms with Crippen molar-refractivity contribution in [3.8, 4) is 5.75 Å². The van der Waals surface area contributed by atoms with Crippen LogP contribution >= 0.6 is 0 Å². The molecule has 2 heterocycles. The first kappa shape index (κ1) is 19.6. The third-order valence-corrected chi connectivity index (χ3v) is 4.27. The molecule has 0 aliphatic rings. The topological polar surface area (TPSA) is 64.3 Å². The standard InChI is InChI=1S/C20H15F4N5O/c21-16-4-2-1-3-14(16)12-30-15-7-5-13(6-8-15)11-25-17-9-10-18-26-27-19(20(22,23)24)29(18)28-17/h1-10H,11-12H2,(H,25,28). The lowest BCUT2D eigenvalue weighted by molar-refractivity contribution is -0.146. The largest absolute Gasteiger partial charge is 0.489 e. The minimum absolute atomic E-state index is 0.00392. The fourth-order valence-corrected chi connectivity index (χ4v) is 2.73. The summed E-state index contributed by atoms with van der Waals surface area (Å²) in [6, 6.07) is 16.3. The lowest BCUT2D eigenvalue weighted by Crippen LogP contribution is -2.13. The number of hydrogen-bond donors (Lipinski definition) is 1. The van der Waals surface area contributed by atoms with E-state index < -0.39 is 12.0 Å². The monoisotopic (exact) mass is 417 g/mol. The lowest BCUT2D eigenvalue weighted by Gasteiger charge is -2.09. The highest BCUT2D eigenvalue weighted by atomic mass is 19.4. The molecule has 4 rings (SSSR count). The van der Waals surface area contributed by atoms with Gasteiger partial charge in [0.05, 0.1) is 0 Å². The summed E-state index contributed by atoms with van der Waals surface area (Å²) >= 11 is 0. The van der Waals surface area contributed by atoms with E-state index in [2.05, 4.69) is 20.6 Å². The van der Waals surface area contributed by atoms with Crippen LogP contribution in [0, 0.1) is 5.82 Å². The number of hydrogen-bond acceptors (Lipinski definition) is 5. The summed E-state index contributed by atoms with van der Waals surface area (Å²) in [5.74, 6) is -0.699. The van der Waals surface area contributed by atoms with Crippen LogP contribution in [0.3, 0.4) is 0 Å². The third kappa shape index (κ3) is 4.32. The van der Waals surface area contributed by atoms with E-state index in [1.54, 1.807) is 42.5 Å². The van der Waals surface area contributed by atoms with Crippen molar-refractivity contribution in [2.45, 2.75) is 19.3 Å². The summed E-state index contributed by atoms with van der Waals surface area (Å²) in [6.07, 6.45) is -4.65. The summed E-state index contributed by atoms with van der Waals surface area (Å²) in [6.45, 7) is 0.435. The van der Waals surface area contributed by atoms with Crippen molar-refractivity contribution < 1.29 is 22.3 Å². The normalized spacial score (nSPS) is 11.6. The Morgan fingerprint density at radius 1 is 0.933 bits per heavy atom. The molecule has 2 aromatic heterocycles. The average molecular weight is 417 g/mol. The predicted octanol–water partition coefficient (Wildman–Crippen LogP) is 4.47. The molecule has 30 heavy (non-hydrogen) atoms. The number of nitrogens with zero attached hydrogens (tertiary/aromatic N) is 4. The van der Waals surface area contributed by atoms with Gasteiger partial charge in [-0.1, -0.05) is 30.3 Å². The molecule has 0 fully saturated rings. The third-order valence-electron chi connectivity index (χ3n) is 4.27. The van der Waals surface area contributed by atoms with Gasteiger partial charge >= 0.3 is 6.18 Å². The van der Waals surface area contributed by atoms with Crippen LogP contribution in [0.25, 0.3) is 5.65 Å². The molecule has 0 aliphatic carbocycles. The van der Waals surface area contributed by atoms with Crippen LogP contribution in [0.5, 0.6) is 5.75 Å². The predicted molar refractivity (Wildman–Crippen MR) is 100 cm³/mol. The van der Waals surface area contributed by atoms with Gasteiger partial charge in [0.2, 0.25) is 0 Å². The van der Waals surface area contributed by atoms with Crippen molar-refractivity contribution in [1.82, 2.24) is 19.8 Å². The van der Waals surface area contributed by atoms with Crippen LogP contribution in [0.2, 0.25) is 0 Å². The Labute approximate surface area is 168 Å². The molecule has 0 spiro atoms. The number of fused-ring (bicyclic) bond motifs is 1. The molecule has 0 atom stereocenters. The summed E-state index contributed by atoms with van der Waals surface area (Å²) in [7, 11) is 0. The average Bonchev–Trinajstić information content (AvgIpc) is 3.16. The fraction of sp³-hybridized carbons (Fsp3) is 0.150. The first-order valence-corrected chi connectivity index (χ1v) is 8.89. The van der Waals surface area contributed by atoms with E-state index >= 15 is 0 Å². The molecule has 0 unspecified atom stereocenters. The van der Waals surface area contributed by atoms with E-state index in [1.807, 2.05) is 0 Å². The van der Waals surface area contributed by atoms with Gasteiger partial charge in [0.1, 0.15) is 24.0 Å². The first-order chi connectivity index (χ1) is 14.4. The summed E-state index contributed by atoms with van der Waals surface area (Å²) in [5, 5.41) is 13.5. The van der Waals surface area contributed by atoms with Gasteiger partial charge in [-0.05, 0) is 35.9 Å². The number of rotatable bonds is 6. The summed E-state index contributed by atoms with van der Waals surface area (Å²) in [4.78, 5) is 0. The van der Waals surface area contributed by atoms with Crippen molar-refractivity contribution in [3.63, 3.8) is 0 Å². The Bertz CT molecular complexity index is 1160. The van der Waals surface area contributed by atoms with Crippen LogP contribution in [-0.2, 0) is 19.3 Å². The van der Waals surface area contributed by atoms with Crippen molar-refractivity contribution >= 4 is 11.5 Å². The molecule has 1 N–H and O–H groups in total. The van der Waals surface area contributed by atoms with Crippen LogP contribution in [0.1, 0.15) is 17.0 Å². The molecular weight excluding hydrogens is 402 g/mol. The molecule has 4 aromatic rings. The highest BCUT2D eigenvalue weighted by Crippen LogP contribution is 2.27. The van der Waals surface area contributed by atoms with Crippen molar-refractivity contribution in [1.29, 1.82) is 0 Å². The molecule has 0 saturated heterocycles. The number of benzene rings is 2. The van der Waals surface area contributed by atoms with Gasteiger partial charge in [0.15, 0.2) is 5.65 Å². The van der Waals surface area contributed by atoms with Gasteiger partial charge in [-0.25, -0.2) is 4.39 Å². The first-order valence-electron chi connectivity index (χ1n) is 8.89. The molecule has 2 aromatic carbocycles. The van der Waals surface area contributed by atoms with Crippen LogP contribution in [-0.4, -0.2) is 19.8 Å². The van der Waals surface area contributed by atoms with E-state index in [0.29, 0.717) is 22.4 Å². The van der Waals surface area contributed by atoms with Crippen LogP contribution in [0.4, 0.5) is 23.4 Å². The highest BCUT2D eigenvalue weighted by Gasteiger charge is 2.37. The van der Waals surface area contributed by atoms with E-state index in [0.717, 1.165) is 5.56 Å².